The van der Waals surface area contributed by atoms with E-state index in [1.807, 2.05) is 7.05 Å². The SMILES string of the molecule is CN(CCN)CCc1ccc(C(F)(F)F)cc1. The molecule has 5 heteroatoms. The Morgan fingerprint density at radius 1 is 1.12 bits per heavy atom. The Morgan fingerprint density at radius 3 is 2.18 bits per heavy atom. The largest absolute Gasteiger partial charge is 0.416 e. The van der Waals surface area contributed by atoms with Gasteiger partial charge in [-0.05, 0) is 31.2 Å². The molecule has 0 spiro atoms. The number of alkyl halides is 3. The number of hydrogen-bond donors (Lipinski definition) is 1. The summed E-state index contributed by atoms with van der Waals surface area (Å²) in [7, 11) is 1.94. The van der Waals surface area contributed by atoms with E-state index in [1.165, 1.54) is 12.1 Å². The molecule has 0 fully saturated rings. The molecule has 0 aliphatic rings. The highest BCUT2D eigenvalue weighted by atomic mass is 19.4. The summed E-state index contributed by atoms with van der Waals surface area (Å²) < 4.78 is 36.9. The minimum Gasteiger partial charge on any atom is -0.329 e. The highest BCUT2D eigenvalue weighted by molar-refractivity contribution is 5.24. The molecule has 0 radical (unpaired) electrons. The number of nitrogens with two attached hydrogens (primary N) is 1. The number of nitrogens with zero attached hydrogens (tertiary/aromatic N) is 1. The van der Waals surface area contributed by atoms with Crippen LogP contribution in [0.15, 0.2) is 24.3 Å². The third-order valence-electron chi connectivity index (χ3n) is 2.57. The first-order valence-electron chi connectivity index (χ1n) is 5.48. The van der Waals surface area contributed by atoms with Crippen LogP contribution in [0.5, 0.6) is 0 Å². The van der Waals surface area contributed by atoms with Crippen molar-refractivity contribution in [2.75, 3.05) is 26.7 Å². The molecule has 0 amide bonds. The van der Waals surface area contributed by atoms with Crippen molar-refractivity contribution in [1.29, 1.82) is 0 Å². The van der Waals surface area contributed by atoms with Gasteiger partial charge in [0.25, 0.3) is 0 Å². The molecule has 1 rings (SSSR count). The second-order valence-electron chi connectivity index (χ2n) is 4.04. The topological polar surface area (TPSA) is 29.3 Å². The minimum absolute atomic E-state index is 0.587. The van der Waals surface area contributed by atoms with Gasteiger partial charge in [-0.1, -0.05) is 12.1 Å². The van der Waals surface area contributed by atoms with Gasteiger partial charge in [0, 0.05) is 19.6 Å². The molecule has 1 aromatic rings. The van der Waals surface area contributed by atoms with Gasteiger partial charge in [0.05, 0.1) is 5.56 Å². The fourth-order valence-electron chi connectivity index (χ4n) is 1.51. The molecule has 0 saturated carbocycles. The summed E-state index contributed by atoms with van der Waals surface area (Å²) in [5, 5.41) is 0. The number of likely N-dealkylation sites (N-methyl/N-ethyl adjacent to an activating group) is 1. The molecule has 1 aromatic carbocycles. The standard InChI is InChI=1S/C12H17F3N2/c1-17(9-7-16)8-6-10-2-4-11(5-3-10)12(13,14)15/h2-5H,6-9,16H2,1H3. The van der Waals surface area contributed by atoms with E-state index in [0.29, 0.717) is 6.54 Å². The Kier molecular flexibility index (Phi) is 4.96. The number of benzene rings is 1. The van der Waals surface area contributed by atoms with Crippen molar-refractivity contribution in [3.05, 3.63) is 35.4 Å². The first-order valence-corrected chi connectivity index (χ1v) is 5.48. The van der Waals surface area contributed by atoms with Crippen LogP contribution in [0.25, 0.3) is 0 Å². The summed E-state index contributed by atoms with van der Waals surface area (Å²) >= 11 is 0. The maximum atomic E-state index is 12.3. The van der Waals surface area contributed by atoms with Crippen molar-refractivity contribution in [1.82, 2.24) is 4.90 Å². The molecule has 0 unspecified atom stereocenters. The van der Waals surface area contributed by atoms with Gasteiger partial charge in [-0.15, -0.1) is 0 Å². The van der Waals surface area contributed by atoms with Crippen LogP contribution in [-0.4, -0.2) is 31.6 Å². The summed E-state index contributed by atoms with van der Waals surface area (Å²) in [4.78, 5) is 2.05. The molecule has 0 saturated heterocycles. The summed E-state index contributed by atoms with van der Waals surface area (Å²) in [5.74, 6) is 0. The lowest BCUT2D eigenvalue weighted by molar-refractivity contribution is -0.137. The van der Waals surface area contributed by atoms with Gasteiger partial charge in [0.2, 0.25) is 0 Å². The van der Waals surface area contributed by atoms with E-state index >= 15 is 0 Å². The summed E-state index contributed by atoms with van der Waals surface area (Å²) in [6.45, 7) is 2.17. The number of rotatable bonds is 5. The van der Waals surface area contributed by atoms with E-state index in [9.17, 15) is 13.2 Å². The lowest BCUT2D eigenvalue weighted by Crippen LogP contribution is -2.27. The van der Waals surface area contributed by atoms with E-state index in [0.717, 1.165) is 37.2 Å². The first kappa shape index (κ1) is 14.0. The average molecular weight is 246 g/mol. The van der Waals surface area contributed by atoms with E-state index in [2.05, 4.69) is 4.90 Å². The lowest BCUT2D eigenvalue weighted by atomic mass is 10.1. The Labute approximate surface area is 99.2 Å². The van der Waals surface area contributed by atoms with Crippen molar-refractivity contribution in [2.24, 2.45) is 5.73 Å². The van der Waals surface area contributed by atoms with Crippen LogP contribution < -0.4 is 5.73 Å². The van der Waals surface area contributed by atoms with Crippen molar-refractivity contribution >= 4 is 0 Å². The Morgan fingerprint density at radius 2 is 1.71 bits per heavy atom. The van der Waals surface area contributed by atoms with Gasteiger partial charge in [-0.25, -0.2) is 0 Å². The van der Waals surface area contributed by atoms with Crippen LogP contribution in [0.1, 0.15) is 11.1 Å². The first-order chi connectivity index (χ1) is 7.93. The zero-order valence-electron chi connectivity index (χ0n) is 9.80. The van der Waals surface area contributed by atoms with Gasteiger partial charge in [0.1, 0.15) is 0 Å². The average Bonchev–Trinajstić information content (AvgIpc) is 2.26. The molecule has 0 atom stereocenters. The molecule has 0 bridgehead atoms. The number of halogens is 3. The van der Waals surface area contributed by atoms with E-state index in [4.69, 9.17) is 5.73 Å². The number of hydrogen-bond acceptors (Lipinski definition) is 2. The van der Waals surface area contributed by atoms with Crippen molar-refractivity contribution in [2.45, 2.75) is 12.6 Å². The smallest absolute Gasteiger partial charge is 0.329 e. The highest BCUT2D eigenvalue weighted by Crippen LogP contribution is 2.29. The van der Waals surface area contributed by atoms with Gasteiger partial charge in [-0.3, -0.25) is 0 Å². The lowest BCUT2D eigenvalue weighted by Gasteiger charge is -2.15. The molecule has 96 valence electrons. The molecule has 0 heterocycles. The molecular weight excluding hydrogens is 229 g/mol. The zero-order valence-corrected chi connectivity index (χ0v) is 9.80. The molecule has 2 nitrogen and oxygen atoms in total. The van der Waals surface area contributed by atoms with Crippen molar-refractivity contribution < 1.29 is 13.2 Å². The molecule has 17 heavy (non-hydrogen) atoms. The summed E-state index contributed by atoms with van der Waals surface area (Å²) in [6.07, 6.45) is -3.52. The molecular formula is C12H17F3N2. The van der Waals surface area contributed by atoms with Crippen molar-refractivity contribution in [3.63, 3.8) is 0 Å². The van der Waals surface area contributed by atoms with Crippen molar-refractivity contribution in [3.8, 4) is 0 Å². The maximum absolute atomic E-state index is 12.3. The molecule has 0 aliphatic carbocycles. The zero-order chi connectivity index (χ0) is 12.9. The van der Waals surface area contributed by atoms with Crippen LogP contribution >= 0.6 is 0 Å². The second-order valence-corrected chi connectivity index (χ2v) is 4.04. The fraction of sp³-hybridized carbons (Fsp3) is 0.500. The van der Waals surface area contributed by atoms with E-state index in [1.54, 1.807) is 0 Å². The van der Waals surface area contributed by atoms with Crippen LogP contribution in [0.3, 0.4) is 0 Å². The van der Waals surface area contributed by atoms with E-state index in [-0.39, 0.29) is 0 Å². The van der Waals surface area contributed by atoms with Crippen LogP contribution in [0.4, 0.5) is 13.2 Å². The second kappa shape index (κ2) is 6.02. The third kappa shape index (κ3) is 4.75. The fourth-order valence-corrected chi connectivity index (χ4v) is 1.51. The van der Waals surface area contributed by atoms with Gasteiger partial charge in [-0.2, -0.15) is 13.2 Å². The Bertz CT molecular complexity index is 333. The minimum atomic E-state index is -4.26. The Hall–Kier alpha value is -1.07. The summed E-state index contributed by atoms with van der Waals surface area (Å²) in [6, 6.07) is 5.30. The molecule has 0 aromatic heterocycles. The predicted molar refractivity (Wildman–Crippen MR) is 61.7 cm³/mol. The summed E-state index contributed by atoms with van der Waals surface area (Å²) in [5.41, 5.74) is 5.70. The van der Waals surface area contributed by atoms with E-state index < -0.39 is 11.7 Å². The Balaban J connectivity index is 2.51. The quantitative estimate of drug-likeness (QED) is 0.862. The molecule has 0 aliphatic heterocycles. The molecule has 2 N–H and O–H groups in total. The van der Waals surface area contributed by atoms with Crippen LogP contribution in [-0.2, 0) is 12.6 Å². The maximum Gasteiger partial charge on any atom is 0.416 e. The third-order valence-corrected chi connectivity index (χ3v) is 2.57. The normalized spacial score (nSPS) is 12.1. The van der Waals surface area contributed by atoms with Gasteiger partial charge < -0.3 is 10.6 Å². The van der Waals surface area contributed by atoms with Gasteiger partial charge in [0.15, 0.2) is 0 Å². The predicted octanol–water partition coefficient (Wildman–Crippen LogP) is 2.14. The van der Waals surface area contributed by atoms with Crippen LogP contribution in [0, 0.1) is 0 Å². The van der Waals surface area contributed by atoms with Crippen LogP contribution in [0.2, 0.25) is 0 Å². The highest BCUT2D eigenvalue weighted by Gasteiger charge is 2.29. The monoisotopic (exact) mass is 246 g/mol. The van der Waals surface area contributed by atoms with Gasteiger partial charge >= 0.3 is 6.18 Å².